The van der Waals surface area contributed by atoms with Gasteiger partial charge in [-0.05, 0) is 19.1 Å². The molecule has 1 heterocycles. The molecule has 0 spiro atoms. The van der Waals surface area contributed by atoms with Crippen molar-refractivity contribution in [3.05, 3.63) is 36.7 Å². The lowest BCUT2D eigenvalue weighted by molar-refractivity contribution is 0.344. The Kier molecular flexibility index (Phi) is 2.13. The maximum Gasteiger partial charge on any atom is 0.127 e. The molecule has 13 heavy (non-hydrogen) atoms. The molecule has 0 saturated carbocycles. The molecule has 0 aliphatic rings. The predicted octanol–water partition coefficient (Wildman–Crippen LogP) is 2.63. The SMILES string of the molecule is CCOc1cccc2cnccc12. The molecule has 2 heteroatoms. The summed E-state index contributed by atoms with van der Waals surface area (Å²) in [5.41, 5.74) is 0. The van der Waals surface area contributed by atoms with Crippen molar-refractivity contribution in [2.45, 2.75) is 6.92 Å². The second-order valence-corrected chi connectivity index (χ2v) is 2.79. The summed E-state index contributed by atoms with van der Waals surface area (Å²) in [4.78, 5) is 4.06. The summed E-state index contributed by atoms with van der Waals surface area (Å²) < 4.78 is 5.49. The number of hydrogen-bond acceptors (Lipinski definition) is 2. The predicted molar refractivity (Wildman–Crippen MR) is 52.9 cm³/mol. The highest BCUT2D eigenvalue weighted by Crippen LogP contribution is 2.23. The molecule has 2 aromatic rings. The lowest BCUT2D eigenvalue weighted by Crippen LogP contribution is -1.91. The van der Waals surface area contributed by atoms with Crippen LogP contribution in [0.2, 0.25) is 0 Å². The van der Waals surface area contributed by atoms with E-state index in [1.165, 1.54) is 0 Å². The molecule has 0 bridgehead atoms. The Hall–Kier alpha value is -1.57. The summed E-state index contributed by atoms with van der Waals surface area (Å²) in [6.45, 7) is 2.68. The van der Waals surface area contributed by atoms with Crippen molar-refractivity contribution in [2.24, 2.45) is 0 Å². The van der Waals surface area contributed by atoms with Gasteiger partial charge in [-0.25, -0.2) is 0 Å². The van der Waals surface area contributed by atoms with Crippen molar-refractivity contribution in [1.82, 2.24) is 4.98 Å². The minimum absolute atomic E-state index is 0.696. The van der Waals surface area contributed by atoms with E-state index >= 15 is 0 Å². The highest BCUT2D eigenvalue weighted by atomic mass is 16.5. The van der Waals surface area contributed by atoms with Crippen LogP contribution in [0.15, 0.2) is 36.7 Å². The monoisotopic (exact) mass is 173 g/mol. The Morgan fingerprint density at radius 3 is 3.08 bits per heavy atom. The third-order valence-corrected chi connectivity index (χ3v) is 1.94. The first-order valence-corrected chi connectivity index (χ1v) is 4.37. The van der Waals surface area contributed by atoms with Crippen LogP contribution in [0.1, 0.15) is 6.92 Å². The van der Waals surface area contributed by atoms with E-state index in [2.05, 4.69) is 4.98 Å². The Bertz CT molecular complexity index is 406. The Balaban J connectivity index is 2.61. The van der Waals surface area contributed by atoms with Gasteiger partial charge >= 0.3 is 0 Å². The number of hydrogen-bond donors (Lipinski definition) is 0. The van der Waals surface area contributed by atoms with Gasteiger partial charge in [-0.1, -0.05) is 12.1 Å². The minimum Gasteiger partial charge on any atom is -0.493 e. The maximum absolute atomic E-state index is 5.49. The van der Waals surface area contributed by atoms with Crippen LogP contribution in [0.5, 0.6) is 5.75 Å². The van der Waals surface area contributed by atoms with E-state index in [1.54, 1.807) is 6.20 Å². The molecular formula is C11H11NO. The lowest BCUT2D eigenvalue weighted by Gasteiger charge is -2.05. The molecule has 1 aromatic carbocycles. The average molecular weight is 173 g/mol. The molecule has 0 N–H and O–H groups in total. The number of aromatic nitrogens is 1. The fraction of sp³-hybridized carbons (Fsp3) is 0.182. The number of benzene rings is 1. The Morgan fingerprint density at radius 1 is 1.31 bits per heavy atom. The summed E-state index contributed by atoms with van der Waals surface area (Å²) >= 11 is 0. The Morgan fingerprint density at radius 2 is 2.23 bits per heavy atom. The van der Waals surface area contributed by atoms with E-state index in [4.69, 9.17) is 4.74 Å². The molecule has 0 radical (unpaired) electrons. The molecule has 66 valence electrons. The molecule has 0 saturated heterocycles. The van der Waals surface area contributed by atoms with Crippen molar-refractivity contribution >= 4 is 10.8 Å². The number of rotatable bonds is 2. The first kappa shape index (κ1) is 8.05. The highest BCUT2D eigenvalue weighted by Gasteiger charge is 1.99. The van der Waals surface area contributed by atoms with Gasteiger partial charge in [0.15, 0.2) is 0 Å². The van der Waals surface area contributed by atoms with Crippen molar-refractivity contribution in [1.29, 1.82) is 0 Å². The van der Waals surface area contributed by atoms with Gasteiger partial charge in [0, 0.05) is 23.2 Å². The minimum atomic E-state index is 0.696. The number of ether oxygens (including phenoxy) is 1. The molecule has 0 unspecified atom stereocenters. The van der Waals surface area contributed by atoms with Crippen LogP contribution in [0.3, 0.4) is 0 Å². The van der Waals surface area contributed by atoms with Crippen molar-refractivity contribution in [2.75, 3.05) is 6.61 Å². The van der Waals surface area contributed by atoms with Gasteiger partial charge in [-0.2, -0.15) is 0 Å². The molecule has 2 rings (SSSR count). The zero-order valence-electron chi connectivity index (χ0n) is 7.53. The molecule has 0 aliphatic carbocycles. The Labute approximate surface area is 77.2 Å². The summed E-state index contributed by atoms with van der Waals surface area (Å²) in [7, 11) is 0. The van der Waals surface area contributed by atoms with Crippen LogP contribution >= 0.6 is 0 Å². The largest absolute Gasteiger partial charge is 0.493 e. The van der Waals surface area contributed by atoms with Gasteiger partial charge in [0.25, 0.3) is 0 Å². The van der Waals surface area contributed by atoms with Crippen LogP contribution in [-0.2, 0) is 0 Å². The first-order valence-electron chi connectivity index (χ1n) is 4.37. The zero-order valence-corrected chi connectivity index (χ0v) is 7.53. The van der Waals surface area contributed by atoms with Crippen molar-refractivity contribution in [3.63, 3.8) is 0 Å². The normalized spacial score (nSPS) is 10.2. The van der Waals surface area contributed by atoms with E-state index in [0.29, 0.717) is 6.61 Å². The first-order chi connectivity index (χ1) is 6.42. The van der Waals surface area contributed by atoms with Crippen molar-refractivity contribution in [3.8, 4) is 5.75 Å². The summed E-state index contributed by atoms with van der Waals surface area (Å²) in [6.07, 6.45) is 3.63. The van der Waals surface area contributed by atoms with Gasteiger partial charge < -0.3 is 4.74 Å². The van der Waals surface area contributed by atoms with Gasteiger partial charge in [0.1, 0.15) is 5.75 Å². The van der Waals surface area contributed by atoms with Crippen LogP contribution in [0.25, 0.3) is 10.8 Å². The summed E-state index contributed by atoms with van der Waals surface area (Å²) in [5.74, 6) is 0.933. The van der Waals surface area contributed by atoms with Gasteiger partial charge in [-0.3, -0.25) is 4.98 Å². The van der Waals surface area contributed by atoms with E-state index < -0.39 is 0 Å². The standard InChI is InChI=1S/C11H11NO/c1-2-13-11-5-3-4-9-8-12-7-6-10(9)11/h3-8H,2H2,1H3. The smallest absolute Gasteiger partial charge is 0.127 e. The zero-order chi connectivity index (χ0) is 9.10. The van der Waals surface area contributed by atoms with Crippen molar-refractivity contribution < 1.29 is 4.74 Å². The van der Waals surface area contributed by atoms with Gasteiger partial charge in [0.2, 0.25) is 0 Å². The van der Waals surface area contributed by atoms with E-state index in [9.17, 15) is 0 Å². The molecule has 1 aromatic heterocycles. The third kappa shape index (κ3) is 1.47. The second kappa shape index (κ2) is 3.44. The summed E-state index contributed by atoms with van der Waals surface area (Å²) in [5, 5.41) is 2.24. The number of pyridine rings is 1. The van der Waals surface area contributed by atoms with Crippen LogP contribution < -0.4 is 4.74 Å². The number of nitrogens with zero attached hydrogens (tertiary/aromatic N) is 1. The van der Waals surface area contributed by atoms with Crippen LogP contribution in [0, 0.1) is 0 Å². The summed E-state index contributed by atoms with van der Waals surface area (Å²) in [6, 6.07) is 7.96. The third-order valence-electron chi connectivity index (χ3n) is 1.94. The molecule has 2 nitrogen and oxygen atoms in total. The lowest BCUT2D eigenvalue weighted by atomic mass is 10.1. The maximum atomic E-state index is 5.49. The van der Waals surface area contributed by atoms with E-state index in [0.717, 1.165) is 16.5 Å². The number of fused-ring (bicyclic) bond motifs is 1. The van der Waals surface area contributed by atoms with Crippen LogP contribution in [-0.4, -0.2) is 11.6 Å². The molecule has 0 aliphatic heterocycles. The average Bonchev–Trinajstić information content (AvgIpc) is 2.19. The fourth-order valence-electron chi connectivity index (χ4n) is 1.37. The van der Waals surface area contributed by atoms with Gasteiger partial charge in [-0.15, -0.1) is 0 Å². The second-order valence-electron chi connectivity index (χ2n) is 2.79. The quantitative estimate of drug-likeness (QED) is 0.696. The fourth-order valence-corrected chi connectivity index (χ4v) is 1.37. The topological polar surface area (TPSA) is 22.1 Å². The van der Waals surface area contributed by atoms with E-state index in [1.807, 2.05) is 37.4 Å². The highest BCUT2D eigenvalue weighted by molar-refractivity contribution is 5.87. The van der Waals surface area contributed by atoms with E-state index in [-0.39, 0.29) is 0 Å². The van der Waals surface area contributed by atoms with Gasteiger partial charge in [0.05, 0.1) is 6.61 Å². The molecule has 0 atom stereocenters. The molecular weight excluding hydrogens is 162 g/mol. The van der Waals surface area contributed by atoms with Crippen LogP contribution in [0.4, 0.5) is 0 Å². The molecule has 0 fully saturated rings. The molecule has 0 amide bonds.